The average Bonchev–Trinajstić information content (AvgIpc) is 3.44. The topological polar surface area (TPSA) is 92.6 Å². The van der Waals surface area contributed by atoms with Crippen molar-refractivity contribution in [3.63, 3.8) is 0 Å². The van der Waals surface area contributed by atoms with E-state index in [1.807, 2.05) is 43.3 Å². The zero-order valence-electron chi connectivity index (χ0n) is 17.2. The number of methoxy groups -OCH3 is 1. The minimum atomic E-state index is -0.229. The van der Waals surface area contributed by atoms with Crippen molar-refractivity contribution < 1.29 is 18.7 Å². The number of benzene rings is 1. The van der Waals surface area contributed by atoms with Gasteiger partial charge in [-0.25, -0.2) is 0 Å². The van der Waals surface area contributed by atoms with Crippen LogP contribution >= 0.6 is 0 Å². The maximum atomic E-state index is 12.7. The van der Waals surface area contributed by atoms with E-state index in [4.69, 9.17) is 13.9 Å². The Hall–Kier alpha value is -3.10. The molecular formula is C22H26N4O4. The number of nitrogens with zero attached hydrogens (tertiary/aromatic N) is 2. The van der Waals surface area contributed by atoms with E-state index >= 15 is 0 Å². The summed E-state index contributed by atoms with van der Waals surface area (Å²) >= 11 is 0. The molecule has 0 spiro atoms. The van der Waals surface area contributed by atoms with Crippen LogP contribution in [0.1, 0.15) is 27.9 Å². The summed E-state index contributed by atoms with van der Waals surface area (Å²) in [5.41, 5.74) is 2.12. The maximum absolute atomic E-state index is 12.7. The Morgan fingerprint density at radius 1 is 1.23 bits per heavy atom. The van der Waals surface area contributed by atoms with Gasteiger partial charge in [0.2, 0.25) is 0 Å². The van der Waals surface area contributed by atoms with E-state index < -0.39 is 0 Å². The Morgan fingerprint density at radius 2 is 2.00 bits per heavy atom. The summed E-state index contributed by atoms with van der Waals surface area (Å²) in [4.78, 5) is 15.1. The van der Waals surface area contributed by atoms with E-state index in [2.05, 4.69) is 20.4 Å². The van der Waals surface area contributed by atoms with Crippen molar-refractivity contribution >= 4 is 5.91 Å². The van der Waals surface area contributed by atoms with E-state index in [-0.39, 0.29) is 11.9 Å². The summed E-state index contributed by atoms with van der Waals surface area (Å²) in [6.07, 6.45) is 0. The van der Waals surface area contributed by atoms with E-state index in [1.165, 1.54) is 0 Å². The normalized spacial score (nSPS) is 15.7. The van der Waals surface area contributed by atoms with Crippen molar-refractivity contribution in [3.05, 3.63) is 59.5 Å². The fraction of sp³-hybridized carbons (Fsp3) is 0.364. The Labute approximate surface area is 175 Å². The summed E-state index contributed by atoms with van der Waals surface area (Å²) in [6.45, 7) is 5.34. The minimum Gasteiger partial charge on any atom is -0.497 e. The molecular weight excluding hydrogens is 384 g/mol. The van der Waals surface area contributed by atoms with Gasteiger partial charge in [-0.15, -0.1) is 0 Å². The second-order valence-electron chi connectivity index (χ2n) is 7.22. The van der Waals surface area contributed by atoms with E-state index in [1.54, 1.807) is 13.2 Å². The van der Waals surface area contributed by atoms with Crippen molar-refractivity contribution in [1.29, 1.82) is 0 Å². The number of rotatable bonds is 7. The maximum Gasteiger partial charge on any atom is 0.271 e. The Kier molecular flexibility index (Phi) is 6.15. The van der Waals surface area contributed by atoms with Crippen LogP contribution in [-0.2, 0) is 4.74 Å². The van der Waals surface area contributed by atoms with Gasteiger partial charge >= 0.3 is 0 Å². The predicted octanol–water partition coefficient (Wildman–Crippen LogP) is 2.79. The van der Waals surface area contributed by atoms with Crippen molar-refractivity contribution in [1.82, 2.24) is 20.4 Å². The van der Waals surface area contributed by atoms with Gasteiger partial charge in [0, 0.05) is 25.7 Å². The summed E-state index contributed by atoms with van der Waals surface area (Å²) < 4.78 is 16.3. The van der Waals surface area contributed by atoms with Crippen LogP contribution in [0, 0.1) is 6.92 Å². The number of morpholine rings is 1. The quantitative estimate of drug-likeness (QED) is 0.622. The van der Waals surface area contributed by atoms with Gasteiger partial charge in [0.25, 0.3) is 5.91 Å². The van der Waals surface area contributed by atoms with Crippen molar-refractivity contribution in [3.8, 4) is 17.2 Å². The van der Waals surface area contributed by atoms with Gasteiger partial charge in [-0.1, -0.05) is 12.1 Å². The number of furan rings is 1. The van der Waals surface area contributed by atoms with Crippen molar-refractivity contribution in [2.45, 2.75) is 13.0 Å². The highest BCUT2D eigenvalue weighted by Gasteiger charge is 2.24. The molecule has 158 valence electrons. The molecule has 30 heavy (non-hydrogen) atoms. The lowest BCUT2D eigenvalue weighted by atomic mass is 10.0. The molecule has 3 heterocycles. The summed E-state index contributed by atoms with van der Waals surface area (Å²) in [5.74, 6) is 2.04. The monoisotopic (exact) mass is 410 g/mol. The molecule has 4 rings (SSSR count). The fourth-order valence-corrected chi connectivity index (χ4v) is 3.60. The molecule has 1 saturated heterocycles. The molecule has 3 aromatic rings. The third kappa shape index (κ3) is 4.55. The molecule has 0 radical (unpaired) electrons. The van der Waals surface area contributed by atoms with E-state index in [0.717, 1.165) is 30.2 Å². The highest BCUT2D eigenvalue weighted by Crippen LogP contribution is 2.24. The van der Waals surface area contributed by atoms with Crippen LogP contribution in [0.3, 0.4) is 0 Å². The molecule has 1 fully saturated rings. The van der Waals surface area contributed by atoms with Gasteiger partial charge < -0.3 is 19.2 Å². The van der Waals surface area contributed by atoms with E-state index in [0.29, 0.717) is 36.9 Å². The molecule has 1 aromatic carbocycles. The van der Waals surface area contributed by atoms with Gasteiger partial charge in [0.15, 0.2) is 11.5 Å². The molecule has 0 saturated carbocycles. The first kappa shape index (κ1) is 20.2. The lowest BCUT2D eigenvalue weighted by Crippen LogP contribution is -2.43. The zero-order valence-corrected chi connectivity index (χ0v) is 17.2. The number of carbonyl (C=O) groups excluding carboxylic acids is 1. The molecule has 8 nitrogen and oxygen atoms in total. The summed E-state index contributed by atoms with van der Waals surface area (Å²) in [5, 5.41) is 10.0. The van der Waals surface area contributed by atoms with Crippen LogP contribution in [0.5, 0.6) is 5.75 Å². The fourth-order valence-electron chi connectivity index (χ4n) is 3.60. The van der Waals surface area contributed by atoms with Gasteiger partial charge in [0.05, 0.1) is 26.4 Å². The molecule has 0 aliphatic carbocycles. The van der Waals surface area contributed by atoms with Crippen LogP contribution < -0.4 is 10.1 Å². The number of aromatic nitrogens is 2. The number of carbonyl (C=O) groups is 1. The number of nitrogens with one attached hydrogen (secondary N) is 2. The van der Waals surface area contributed by atoms with Gasteiger partial charge in [0.1, 0.15) is 17.2 Å². The summed E-state index contributed by atoms with van der Waals surface area (Å²) in [6, 6.07) is 13.4. The van der Waals surface area contributed by atoms with Crippen molar-refractivity contribution in [2.24, 2.45) is 0 Å². The highest BCUT2D eigenvalue weighted by molar-refractivity contribution is 5.93. The van der Waals surface area contributed by atoms with Crippen LogP contribution in [0.15, 0.2) is 46.9 Å². The lowest BCUT2D eigenvalue weighted by Gasteiger charge is -2.35. The number of H-pyrrole nitrogens is 1. The van der Waals surface area contributed by atoms with Crippen LogP contribution in [0.25, 0.3) is 11.5 Å². The third-order valence-corrected chi connectivity index (χ3v) is 5.26. The molecule has 1 atom stereocenters. The predicted molar refractivity (Wildman–Crippen MR) is 111 cm³/mol. The van der Waals surface area contributed by atoms with Crippen molar-refractivity contribution in [2.75, 3.05) is 40.0 Å². The first-order valence-corrected chi connectivity index (χ1v) is 10.00. The highest BCUT2D eigenvalue weighted by atomic mass is 16.5. The first-order chi connectivity index (χ1) is 14.6. The lowest BCUT2D eigenvalue weighted by molar-refractivity contribution is 0.0162. The van der Waals surface area contributed by atoms with Gasteiger partial charge in [-0.3, -0.25) is 14.8 Å². The SMILES string of the molecule is COc1ccc(C(CNC(=O)c2cc(-c3ccc(C)o3)[nH]n2)N2CCOCC2)cc1. The van der Waals surface area contributed by atoms with E-state index in [9.17, 15) is 4.79 Å². The van der Waals surface area contributed by atoms with Crippen LogP contribution in [0.2, 0.25) is 0 Å². The largest absolute Gasteiger partial charge is 0.497 e. The Balaban J connectivity index is 1.46. The third-order valence-electron chi connectivity index (χ3n) is 5.26. The molecule has 1 aliphatic heterocycles. The molecule has 0 bridgehead atoms. The number of amides is 1. The van der Waals surface area contributed by atoms with Gasteiger partial charge in [-0.2, -0.15) is 5.10 Å². The minimum absolute atomic E-state index is 0.0369. The smallest absolute Gasteiger partial charge is 0.271 e. The molecule has 2 aromatic heterocycles. The van der Waals surface area contributed by atoms with Crippen LogP contribution in [0.4, 0.5) is 0 Å². The standard InChI is InChI=1S/C22H26N4O4/c1-15-3-8-21(30-15)18-13-19(25-24-18)22(27)23-14-20(26-9-11-29-12-10-26)16-4-6-17(28-2)7-5-16/h3-8,13,20H,9-12,14H2,1-2H3,(H,23,27)(H,24,25). The number of hydrogen-bond acceptors (Lipinski definition) is 6. The second-order valence-corrected chi connectivity index (χ2v) is 7.22. The van der Waals surface area contributed by atoms with Gasteiger partial charge in [-0.05, 0) is 36.8 Å². The number of hydrogen-bond donors (Lipinski definition) is 2. The number of ether oxygens (including phenoxy) is 2. The average molecular weight is 410 g/mol. The zero-order chi connectivity index (χ0) is 20.9. The summed E-state index contributed by atoms with van der Waals surface area (Å²) in [7, 11) is 1.65. The molecule has 2 N–H and O–H groups in total. The van der Waals surface area contributed by atoms with Crippen LogP contribution in [-0.4, -0.2) is 61.0 Å². The number of aromatic amines is 1. The second kappa shape index (κ2) is 9.15. The Bertz CT molecular complexity index is 973. The molecule has 1 unspecified atom stereocenters. The number of aryl methyl sites for hydroxylation is 1. The molecule has 8 heteroatoms. The Morgan fingerprint density at radius 3 is 2.67 bits per heavy atom. The first-order valence-electron chi connectivity index (χ1n) is 10.00. The molecule has 1 amide bonds. The molecule has 1 aliphatic rings.